The van der Waals surface area contributed by atoms with Crippen LogP contribution in [0.25, 0.3) is 11.0 Å². The molecule has 2 N–H and O–H groups in total. The maximum absolute atomic E-state index is 12.7. The molecule has 0 saturated carbocycles. The van der Waals surface area contributed by atoms with Gasteiger partial charge in [-0.1, -0.05) is 30.3 Å². The van der Waals surface area contributed by atoms with Gasteiger partial charge in [-0.3, -0.25) is 9.59 Å². The van der Waals surface area contributed by atoms with Crippen molar-refractivity contribution in [2.45, 2.75) is 46.1 Å². The molecule has 0 radical (unpaired) electrons. The van der Waals surface area contributed by atoms with Crippen LogP contribution in [0.5, 0.6) is 5.75 Å². The molecular formula is C25H27NO6. The molecule has 1 amide bonds. The zero-order valence-corrected chi connectivity index (χ0v) is 18.4. The van der Waals surface area contributed by atoms with E-state index in [0.29, 0.717) is 35.3 Å². The molecule has 0 bridgehead atoms. The summed E-state index contributed by atoms with van der Waals surface area (Å²) in [6.45, 7) is 5.56. The number of rotatable bonds is 9. The van der Waals surface area contributed by atoms with E-state index >= 15 is 0 Å². The maximum Gasteiger partial charge on any atom is 0.340 e. The van der Waals surface area contributed by atoms with E-state index < -0.39 is 12.1 Å². The van der Waals surface area contributed by atoms with Gasteiger partial charge in [0.2, 0.25) is 0 Å². The Morgan fingerprint density at radius 3 is 2.50 bits per heavy atom. The van der Waals surface area contributed by atoms with Gasteiger partial charge in [0.05, 0.1) is 0 Å². The van der Waals surface area contributed by atoms with Gasteiger partial charge >= 0.3 is 11.6 Å². The number of carbonyl (C=O) groups is 2. The van der Waals surface area contributed by atoms with E-state index in [1.54, 1.807) is 19.9 Å². The van der Waals surface area contributed by atoms with Crippen molar-refractivity contribution in [3.8, 4) is 5.75 Å². The first kappa shape index (κ1) is 23.1. The van der Waals surface area contributed by atoms with Gasteiger partial charge in [0.15, 0.2) is 6.10 Å². The molecule has 0 aliphatic heterocycles. The number of nitrogens with one attached hydrogen (secondary N) is 1. The number of benzene rings is 2. The van der Waals surface area contributed by atoms with Gasteiger partial charge in [-0.15, -0.1) is 0 Å². The number of hydrogen-bond donors (Lipinski definition) is 2. The van der Waals surface area contributed by atoms with Gasteiger partial charge < -0.3 is 19.6 Å². The summed E-state index contributed by atoms with van der Waals surface area (Å²) in [6.07, 6.45) is 0.0326. The molecule has 0 aliphatic carbocycles. The summed E-state index contributed by atoms with van der Waals surface area (Å²) >= 11 is 0. The molecule has 0 unspecified atom stereocenters. The molecule has 32 heavy (non-hydrogen) atoms. The SMILES string of the molecule is Cc1c(Cc2ccccc2)c(=O)oc2c(C)c(O[C@@H](C)C(=O)NCCCC(=O)O)ccc12. The summed E-state index contributed by atoms with van der Waals surface area (Å²) in [7, 11) is 0. The molecule has 7 nitrogen and oxygen atoms in total. The van der Waals surface area contributed by atoms with Gasteiger partial charge in [-0.05, 0) is 50.5 Å². The molecule has 1 atom stereocenters. The molecule has 3 rings (SSSR count). The molecule has 0 fully saturated rings. The highest BCUT2D eigenvalue weighted by Crippen LogP contribution is 2.30. The Morgan fingerprint density at radius 2 is 1.81 bits per heavy atom. The lowest BCUT2D eigenvalue weighted by Gasteiger charge is -2.17. The van der Waals surface area contributed by atoms with Crippen molar-refractivity contribution in [1.29, 1.82) is 0 Å². The van der Waals surface area contributed by atoms with Gasteiger partial charge in [0, 0.05) is 35.9 Å². The van der Waals surface area contributed by atoms with Crippen LogP contribution in [0.3, 0.4) is 0 Å². The number of carboxylic acids is 1. The number of hydrogen-bond acceptors (Lipinski definition) is 5. The average Bonchev–Trinajstić information content (AvgIpc) is 2.77. The molecule has 3 aromatic rings. The lowest BCUT2D eigenvalue weighted by molar-refractivity contribution is -0.137. The van der Waals surface area contributed by atoms with Crippen molar-refractivity contribution < 1.29 is 23.8 Å². The number of aliphatic carboxylic acids is 1. The lowest BCUT2D eigenvalue weighted by atomic mass is 9.98. The maximum atomic E-state index is 12.7. The van der Waals surface area contributed by atoms with E-state index in [9.17, 15) is 14.4 Å². The Kier molecular flexibility index (Phi) is 7.30. The van der Waals surface area contributed by atoms with Crippen molar-refractivity contribution in [1.82, 2.24) is 5.32 Å². The monoisotopic (exact) mass is 437 g/mol. The zero-order valence-electron chi connectivity index (χ0n) is 18.4. The highest BCUT2D eigenvalue weighted by atomic mass is 16.5. The molecule has 0 spiro atoms. The highest BCUT2D eigenvalue weighted by Gasteiger charge is 2.19. The molecule has 168 valence electrons. The Labute approximate surface area is 186 Å². The number of aryl methyl sites for hydroxylation is 2. The second-order valence-electron chi connectivity index (χ2n) is 7.77. The van der Waals surface area contributed by atoms with Crippen LogP contribution in [0.4, 0.5) is 0 Å². The first-order valence-corrected chi connectivity index (χ1v) is 10.5. The minimum Gasteiger partial charge on any atom is -0.481 e. The van der Waals surface area contributed by atoms with Crippen LogP contribution >= 0.6 is 0 Å². The number of ether oxygens (including phenoxy) is 1. The van der Waals surface area contributed by atoms with Crippen LogP contribution in [0, 0.1) is 13.8 Å². The smallest absolute Gasteiger partial charge is 0.340 e. The summed E-state index contributed by atoms with van der Waals surface area (Å²) in [6, 6.07) is 13.3. The normalized spacial score (nSPS) is 11.8. The molecular weight excluding hydrogens is 410 g/mol. The Hall–Kier alpha value is -3.61. The Morgan fingerprint density at radius 1 is 1.09 bits per heavy atom. The van der Waals surface area contributed by atoms with Crippen LogP contribution in [-0.4, -0.2) is 29.6 Å². The second kappa shape index (κ2) is 10.1. The van der Waals surface area contributed by atoms with Crippen molar-refractivity contribution >= 4 is 22.8 Å². The molecule has 7 heteroatoms. The summed E-state index contributed by atoms with van der Waals surface area (Å²) in [5, 5.41) is 12.1. The average molecular weight is 437 g/mol. The van der Waals surface area contributed by atoms with Crippen molar-refractivity contribution in [3.63, 3.8) is 0 Å². The fraction of sp³-hybridized carbons (Fsp3) is 0.320. The van der Waals surface area contributed by atoms with Crippen molar-refractivity contribution in [3.05, 3.63) is 75.1 Å². The minimum absolute atomic E-state index is 0.00997. The third kappa shape index (κ3) is 5.35. The van der Waals surface area contributed by atoms with Crippen LogP contribution in [0.1, 0.15) is 42.0 Å². The number of carbonyl (C=O) groups excluding carboxylic acids is 1. The third-order valence-electron chi connectivity index (χ3n) is 5.42. The van der Waals surface area contributed by atoms with E-state index in [1.165, 1.54) is 0 Å². The van der Waals surface area contributed by atoms with Crippen LogP contribution in [-0.2, 0) is 16.0 Å². The molecule has 1 aromatic heterocycles. The van der Waals surface area contributed by atoms with Gasteiger partial charge in [-0.2, -0.15) is 0 Å². The van der Waals surface area contributed by atoms with E-state index in [4.69, 9.17) is 14.3 Å². The third-order valence-corrected chi connectivity index (χ3v) is 5.42. The van der Waals surface area contributed by atoms with Crippen molar-refractivity contribution in [2.24, 2.45) is 0 Å². The largest absolute Gasteiger partial charge is 0.481 e. The van der Waals surface area contributed by atoms with E-state index in [2.05, 4.69) is 5.32 Å². The molecule has 0 saturated heterocycles. The highest BCUT2D eigenvalue weighted by molar-refractivity contribution is 5.86. The summed E-state index contributed by atoms with van der Waals surface area (Å²) in [5.74, 6) is -0.797. The summed E-state index contributed by atoms with van der Waals surface area (Å²) in [4.78, 5) is 35.5. The second-order valence-corrected chi connectivity index (χ2v) is 7.77. The first-order chi connectivity index (χ1) is 15.3. The Bertz CT molecular complexity index is 1180. The van der Waals surface area contributed by atoms with Crippen LogP contribution < -0.4 is 15.7 Å². The van der Waals surface area contributed by atoms with Gasteiger partial charge in [0.25, 0.3) is 5.91 Å². The molecule has 0 aliphatic rings. The lowest BCUT2D eigenvalue weighted by Crippen LogP contribution is -2.37. The Balaban J connectivity index is 1.79. The zero-order chi connectivity index (χ0) is 23.3. The van der Waals surface area contributed by atoms with Crippen molar-refractivity contribution in [2.75, 3.05) is 6.54 Å². The quantitative estimate of drug-likeness (QED) is 0.390. The standard InChI is InChI=1S/C25H27NO6/c1-15-19-11-12-21(31-17(3)24(29)26-13-7-10-22(27)28)16(2)23(19)32-25(30)20(15)14-18-8-5-4-6-9-18/h4-6,8-9,11-12,17H,7,10,13-14H2,1-3H3,(H,26,29)(H,27,28)/t17-/m0/s1. The number of fused-ring (bicyclic) bond motifs is 1. The first-order valence-electron chi connectivity index (χ1n) is 10.5. The van der Waals surface area contributed by atoms with Gasteiger partial charge in [0.1, 0.15) is 11.3 Å². The predicted molar refractivity (Wildman–Crippen MR) is 121 cm³/mol. The molecule has 2 aromatic carbocycles. The number of amides is 1. The summed E-state index contributed by atoms with van der Waals surface area (Å²) in [5.41, 5.74) is 3.20. The predicted octanol–water partition coefficient (Wildman–Crippen LogP) is 3.75. The molecule has 1 heterocycles. The fourth-order valence-electron chi connectivity index (χ4n) is 3.54. The van der Waals surface area contributed by atoms with E-state index in [-0.39, 0.29) is 24.5 Å². The fourth-order valence-corrected chi connectivity index (χ4v) is 3.54. The van der Waals surface area contributed by atoms with Gasteiger partial charge in [-0.25, -0.2) is 4.79 Å². The minimum atomic E-state index is -0.904. The van der Waals surface area contributed by atoms with Crippen LogP contribution in [0.2, 0.25) is 0 Å². The number of carboxylic acid groups (broad SMARTS) is 1. The van der Waals surface area contributed by atoms with E-state index in [1.807, 2.05) is 43.3 Å². The van der Waals surface area contributed by atoms with E-state index in [0.717, 1.165) is 16.5 Å². The summed E-state index contributed by atoms with van der Waals surface area (Å²) < 4.78 is 11.5. The van der Waals surface area contributed by atoms with Crippen LogP contribution in [0.15, 0.2) is 51.7 Å². The topological polar surface area (TPSA) is 106 Å².